The number of rotatable bonds is 7. The predicted molar refractivity (Wildman–Crippen MR) is 119 cm³/mol. The first-order chi connectivity index (χ1) is 14.8. The summed E-state index contributed by atoms with van der Waals surface area (Å²) in [6.45, 7) is 0.498. The molecule has 0 saturated heterocycles. The molecular weight excluding hydrogens is 372 g/mol. The number of carbonyl (C=O) groups excluding carboxylic acids is 1. The average Bonchev–Trinajstić information content (AvgIpc) is 2.81. The van der Waals surface area contributed by atoms with Gasteiger partial charge in [0.1, 0.15) is 12.4 Å². The Morgan fingerprint density at radius 3 is 2.10 bits per heavy atom. The highest BCUT2D eigenvalue weighted by atomic mass is 16.5. The first kappa shape index (κ1) is 19.4. The molecule has 0 aliphatic carbocycles. The standard InChI is InChI=1S/C26H22N2O2/c29-26(23-8-12-25(13-9-23)30-19-22-4-2-1-3-5-22)28-24-10-6-20(7-11-24)18-21-14-16-27-17-15-21/h1-17H,18-19H2,(H,28,29). The van der Waals surface area contributed by atoms with Gasteiger partial charge in [-0.25, -0.2) is 0 Å². The topological polar surface area (TPSA) is 51.2 Å². The number of ether oxygens (including phenoxy) is 1. The van der Waals surface area contributed by atoms with E-state index in [1.807, 2.05) is 78.9 Å². The second-order valence-corrected chi connectivity index (χ2v) is 6.98. The third kappa shape index (κ3) is 5.32. The third-order valence-corrected chi connectivity index (χ3v) is 4.73. The zero-order chi connectivity index (χ0) is 20.6. The number of nitrogens with one attached hydrogen (secondary N) is 1. The molecule has 148 valence electrons. The molecule has 4 aromatic rings. The van der Waals surface area contributed by atoms with Crippen molar-refractivity contribution >= 4 is 11.6 Å². The number of hydrogen-bond acceptors (Lipinski definition) is 3. The van der Waals surface area contributed by atoms with E-state index in [4.69, 9.17) is 4.74 Å². The van der Waals surface area contributed by atoms with Crippen molar-refractivity contribution in [2.75, 3.05) is 5.32 Å². The van der Waals surface area contributed by atoms with Gasteiger partial charge >= 0.3 is 0 Å². The van der Waals surface area contributed by atoms with Crippen LogP contribution in [0.25, 0.3) is 0 Å². The highest BCUT2D eigenvalue weighted by Crippen LogP contribution is 2.17. The first-order valence-electron chi connectivity index (χ1n) is 9.82. The van der Waals surface area contributed by atoms with Gasteiger partial charge in [-0.2, -0.15) is 0 Å². The van der Waals surface area contributed by atoms with Crippen molar-refractivity contribution in [1.29, 1.82) is 0 Å². The lowest BCUT2D eigenvalue weighted by atomic mass is 10.1. The fourth-order valence-electron chi connectivity index (χ4n) is 3.09. The number of carbonyl (C=O) groups is 1. The summed E-state index contributed by atoms with van der Waals surface area (Å²) in [5, 5.41) is 2.94. The third-order valence-electron chi connectivity index (χ3n) is 4.73. The summed E-state index contributed by atoms with van der Waals surface area (Å²) < 4.78 is 5.77. The zero-order valence-corrected chi connectivity index (χ0v) is 16.5. The van der Waals surface area contributed by atoms with E-state index < -0.39 is 0 Å². The van der Waals surface area contributed by atoms with Gasteiger partial charge in [0.15, 0.2) is 0 Å². The largest absolute Gasteiger partial charge is 0.489 e. The number of hydrogen-bond donors (Lipinski definition) is 1. The van der Waals surface area contributed by atoms with Crippen molar-refractivity contribution in [3.8, 4) is 5.75 Å². The molecule has 0 saturated carbocycles. The SMILES string of the molecule is O=C(Nc1ccc(Cc2ccncc2)cc1)c1ccc(OCc2ccccc2)cc1. The Kier molecular flexibility index (Phi) is 6.16. The van der Waals surface area contributed by atoms with Crippen LogP contribution in [0.3, 0.4) is 0 Å². The zero-order valence-electron chi connectivity index (χ0n) is 16.5. The van der Waals surface area contributed by atoms with Crippen LogP contribution in [0.15, 0.2) is 103 Å². The van der Waals surface area contributed by atoms with E-state index in [2.05, 4.69) is 10.3 Å². The first-order valence-corrected chi connectivity index (χ1v) is 9.82. The van der Waals surface area contributed by atoms with E-state index in [0.29, 0.717) is 12.2 Å². The summed E-state index contributed by atoms with van der Waals surface area (Å²) in [6.07, 6.45) is 4.42. The van der Waals surface area contributed by atoms with Gasteiger partial charge in [-0.05, 0) is 71.6 Å². The van der Waals surface area contributed by atoms with Crippen LogP contribution in [0.4, 0.5) is 5.69 Å². The Morgan fingerprint density at radius 2 is 1.40 bits per heavy atom. The highest BCUT2D eigenvalue weighted by molar-refractivity contribution is 6.04. The highest BCUT2D eigenvalue weighted by Gasteiger charge is 2.07. The fraction of sp³-hybridized carbons (Fsp3) is 0.0769. The number of amides is 1. The minimum absolute atomic E-state index is 0.147. The summed E-state index contributed by atoms with van der Waals surface area (Å²) in [4.78, 5) is 16.6. The summed E-state index contributed by atoms with van der Waals surface area (Å²) in [5.74, 6) is 0.586. The van der Waals surface area contributed by atoms with Gasteiger partial charge in [-0.3, -0.25) is 9.78 Å². The number of pyridine rings is 1. The van der Waals surface area contributed by atoms with E-state index in [-0.39, 0.29) is 5.91 Å². The Labute approximate surface area is 176 Å². The quantitative estimate of drug-likeness (QED) is 0.450. The summed E-state index contributed by atoms with van der Waals surface area (Å²) in [7, 11) is 0. The molecule has 0 fully saturated rings. The van der Waals surface area contributed by atoms with Crippen LogP contribution >= 0.6 is 0 Å². The maximum atomic E-state index is 12.5. The molecule has 1 N–H and O–H groups in total. The predicted octanol–water partition coefficient (Wildman–Crippen LogP) is 5.50. The van der Waals surface area contributed by atoms with Gasteiger partial charge in [0.05, 0.1) is 0 Å². The van der Waals surface area contributed by atoms with E-state index >= 15 is 0 Å². The number of nitrogens with zero attached hydrogens (tertiary/aromatic N) is 1. The summed E-state index contributed by atoms with van der Waals surface area (Å²) in [5.41, 5.74) is 4.84. The Morgan fingerprint density at radius 1 is 0.733 bits per heavy atom. The molecule has 0 spiro atoms. The van der Waals surface area contributed by atoms with Gasteiger partial charge < -0.3 is 10.1 Å². The van der Waals surface area contributed by atoms with Crippen LogP contribution in [0.1, 0.15) is 27.0 Å². The lowest BCUT2D eigenvalue weighted by molar-refractivity contribution is 0.102. The normalized spacial score (nSPS) is 10.4. The van der Waals surface area contributed by atoms with Crippen molar-refractivity contribution in [2.45, 2.75) is 13.0 Å². The Hall–Kier alpha value is -3.92. The Balaban J connectivity index is 1.32. The molecule has 4 rings (SSSR count). The van der Waals surface area contributed by atoms with Crippen LogP contribution in [0.2, 0.25) is 0 Å². The smallest absolute Gasteiger partial charge is 0.255 e. The molecule has 3 aromatic carbocycles. The number of anilines is 1. The lowest BCUT2D eigenvalue weighted by Crippen LogP contribution is -2.11. The minimum atomic E-state index is -0.147. The fourth-order valence-corrected chi connectivity index (χ4v) is 3.09. The van der Waals surface area contributed by atoms with Crippen molar-refractivity contribution in [3.05, 3.63) is 126 Å². The molecule has 0 aliphatic rings. The van der Waals surface area contributed by atoms with Crippen molar-refractivity contribution < 1.29 is 9.53 Å². The number of benzene rings is 3. The molecule has 0 bridgehead atoms. The lowest BCUT2D eigenvalue weighted by Gasteiger charge is -2.09. The van der Waals surface area contributed by atoms with Crippen LogP contribution < -0.4 is 10.1 Å². The molecular formula is C26H22N2O2. The molecule has 1 aromatic heterocycles. The van der Waals surface area contributed by atoms with Crippen molar-refractivity contribution in [1.82, 2.24) is 4.98 Å². The second kappa shape index (κ2) is 9.52. The molecule has 0 atom stereocenters. The molecule has 1 amide bonds. The van der Waals surface area contributed by atoms with E-state index in [1.165, 1.54) is 11.1 Å². The molecule has 0 aliphatic heterocycles. The molecule has 30 heavy (non-hydrogen) atoms. The Bertz CT molecular complexity index is 1080. The van der Waals surface area contributed by atoms with Gasteiger partial charge in [-0.15, -0.1) is 0 Å². The van der Waals surface area contributed by atoms with Gasteiger partial charge in [0.25, 0.3) is 5.91 Å². The second-order valence-electron chi connectivity index (χ2n) is 6.98. The van der Waals surface area contributed by atoms with Crippen molar-refractivity contribution in [2.24, 2.45) is 0 Å². The maximum absolute atomic E-state index is 12.5. The van der Waals surface area contributed by atoms with E-state index in [1.54, 1.807) is 24.5 Å². The van der Waals surface area contributed by atoms with Crippen LogP contribution in [-0.4, -0.2) is 10.9 Å². The molecule has 4 nitrogen and oxygen atoms in total. The van der Waals surface area contributed by atoms with Crippen LogP contribution in [-0.2, 0) is 13.0 Å². The molecule has 4 heteroatoms. The number of aromatic nitrogens is 1. The van der Waals surface area contributed by atoms with Crippen LogP contribution in [0.5, 0.6) is 5.75 Å². The van der Waals surface area contributed by atoms with E-state index in [9.17, 15) is 4.79 Å². The minimum Gasteiger partial charge on any atom is -0.489 e. The maximum Gasteiger partial charge on any atom is 0.255 e. The van der Waals surface area contributed by atoms with Crippen LogP contribution in [0, 0.1) is 0 Å². The summed E-state index contributed by atoms with van der Waals surface area (Å²) in [6, 6.07) is 29.1. The van der Waals surface area contributed by atoms with Crippen molar-refractivity contribution in [3.63, 3.8) is 0 Å². The van der Waals surface area contributed by atoms with Gasteiger partial charge in [0.2, 0.25) is 0 Å². The molecule has 1 heterocycles. The molecule has 0 radical (unpaired) electrons. The van der Waals surface area contributed by atoms with Gasteiger partial charge in [0, 0.05) is 23.6 Å². The molecule has 0 unspecified atom stereocenters. The average molecular weight is 394 g/mol. The monoisotopic (exact) mass is 394 g/mol. The summed E-state index contributed by atoms with van der Waals surface area (Å²) >= 11 is 0. The van der Waals surface area contributed by atoms with Gasteiger partial charge in [-0.1, -0.05) is 42.5 Å². The van der Waals surface area contributed by atoms with E-state index in [0.717, 1.165) is 23.4 Å².